The zero-order valence-corrected chi connectivity index (χ0v) is 14.8. The van der Waals surface area contributed by atoms with Crippen molar-refractivity contribution in [3.63, 3.8) is 0 Å². The van der Waals surface area contributed by atoms with E-state index in [1.165, 1.54) is 10.4 Å². The fourth-order valence-corrected chi connectivity index (χ4v) is 4.43. The number of carbonyl (C=O) groups excluding carboxylic acids is 1. The van der Waals surface area contributed by atoms with Crippen LogP contribution in [0.5, 0.6) is 11.5 Å². The number of thiophene rings is 1. The minimum absolute atomic E-state index is 0.121. The number of ether oxygens (including phenoxy) is 2. The second-order valence-electron chi connectivity index (χ2n) is 6.41. The highest BCUT2D eigenvalue weighted by molar-refractivity contribution is 7.14. The molecule has 0 aliphatic carbocycles. The third-order valence-electron chi connectivity index (χ3n) is 4.84. The fraction of sp³-hybridized carbons (Fsp3) is 0.421. The van der Waals surface area contributed by atoms with Gasteiger partial charge in [-0.3, -0.25) is 4.79 Å². The van der Waals surface area contributed by atoms with Crippen LogP contribution in [-0.4, -0.2) is 30.6 Å². The van der Waals surface area contributed by atoms with Crippen molar-refractivity contribution in [1.29, 1.82) is 0 Å². The largest absolute Gasteiger partial charge is 0.486 e. The Labute approximate surface area is 146 Å². The van der Waals surface area contributed by atoms with E-state index < -0.39 is 0 Å². The first kappa shape index (κ1) is 15.5. The molecule has 0 N–H and O–H groups in total. The maximum atomic E-state index is 13.0. The van der Waals surface area contributed by atoms with Crippen LogP contribution in [0.1, 0.15) is 44.6 Å². The van der Waals surface area contributed by atoms with E-state index in [2.05, 4.69) is 19.9 Å². The Morgan fingerprint density at radius 3 is 2.71 bits per heavy atom. The van der Waals surface area contributed by atoms with Crippen LogP contribution >= 0.6 is 11.3 Å². The number of rotatable bonds is 2. The van der Waals surface area contributed by atoms with E-state index in [0.29, 0.717) is 13.2 Å². The first-order chi connectivity index (χ1) is 11.6. The number of amides is 1. The van der Waals surface area contributed by atoms with Crippen LogP contribution < -0.4 is 9.47 Å². The number of fused-ring (bicyclic) bond motifs is 1. The monoisotopic (exact) mass is 343 g/mol. The Morgan fingerprint density at radius 1 is 1.17 bits per heavy atom. The van der Waals surface area contributed by atoms with Gasteiger partial charge in [0.1, 0.15) is 13.2 Å². The van der Waals surface area contributed by atoms with E-state index in [1.807, 2.05) is 23.1 Å². The first-order valence-corrected chi connectivity index (χ1v) is 9.22. The third-order valence-corrected chi connectivity index (χ3v) is 5.98. The van der Waals surface area contributed by atoms with Gasteiger partial charge in [0.05, 0.1) is 10.9 Å². The van der Waals surface area contributed by atoms with Crippen LogP contribution in [-0.2, 0) is 0 Å². The molecule has 0 bridgehead atoms. The Bertz CT molecular complexity index is 763. The van der Waals surface area contributed by atoms with Gasteiger partial charge >= 0.3 is 0 Å². The molecule has 2 aliphatic heterocycles. The molecule has 0 spiro atoms. The Hall–Kier alpha value is -2.01. The molecule has 126 valence electrons. The number of hydrogen-bond donors (Lipinski definition) is 0. The molecule has 1 atom stereocenters. The van der Waals surface area contributed by atoms with Gasteiger partial charge in [-0.25, -0.2) is 0 Å². The van der Waals surface area contributed by atoms with Crippen molar-refractivity contribution < 1.29 is 14.3 Å². The van der Waals surface area contributed by atoms with Crippen LogP contribution in [0.25, 0.3) is 0 Å². The van der Waals surface area contributed by atoms with Gasteiger partial charge in [-0.1, -0.05) is 6.07 Å². The number of aryl methyl sites for hydroxylation is 2. The second-order valence-corrected chi connectivity index (χ2v) is 7.67. The fourth-order valence-electron chi connectivity index (χ4n) is 3.44. The third kappa shape index (κ3) is 2.67. The summed E-state index contributed by atoms with van der Waals surface area (Å²) in [6.07, 6.45) is 2.03. The van der Waals surface area contributed by atoms with Crippen LogP contribution in [0.4, 0.5) is 0 Å². The van der Waals surface area contributed by atoms with E-state index in [-0.39, 0.29) is 11.9 Å². The van der Waals surface area contributed by atoms with Gasteiger partial charge in [0, 0.05) is 11.4 Å². The van der Waals surface area contributed by atoms with E-state index in [0.717, 1.165) is 41.3 Å². The average molecular weight is 343 g/mol. The van der Waals surface area contributed by atoms with Gasteiger partial charge < -0.3 is 14.4 Å². The van der Waals surface area contributed by atoms with E-state index in [4.69, 9.17) is 9.47 Å². The SMILES string of the molecule is Cc1cc(C(=O)N2CCC[C@H]2c2ccc3c(c2)OCCO3)sc1C. The van der Waals surface area contributed by atoms with Gasteiger partial charge in [-0.05, 0) is 56.0 Å². The van der Waals surface area contributed by atoms with Crippen molar-refractivity contribution in [3.05, 3.63) is 45.1 Å². The number of hydrogen-bond acceptors (Lipinski definition) is 4. The molecule has 0 saturated carbocycles. The molecule has 1 fully saturated rings. The molecule has 0 unspecified atom stereocenters. The Kier molecular flexibility index (Phi) is 3.96. The summed E-state index contributed by atoms with van der Waals surface area (Å²) >= 11 is 1.59. The number of carbonyl (C=O) groups is 1. The van der Waals surface area contributed by atoms with Gasteiger partial charge in [-0.2, -0.15) is 0 Å². The smallest absolute Gasteiger partial charge is 0.264 e. The topological polar surface area (TPSA) is 38.8 Å². The summed E-state index contributed by atoms with van der Waals surface area (Å²) in [7, 11) is 0. The molecule has 4 nitrogen and oxygen atoms in total. The molecular formula is C19H21NO3S. The normalized spacial score (nSPS) is 19.6. The number of nitrogens with zero attached hydrogens (tertiary/aromatic N) is 1. The zero-order chi connectivity index (χ0) is 16.7. The van der Waals surface area contributed by atoms with Gasteiger partial charge in [0.2, 0.25) is 0 Å². The molecule has 2 aliphatic rings. The predicted molar refractivity (Wildman–Crippen MR) is 94.2 cm³/mol. The number of benzene rings is 1. The van der Waals surface area contributed by atoms with Crippen molar-refractivity contribution in [2.24, 2.45) is 0 Å². The maximum absolute atomic E-state index is 13.0. The second kappa shape index (κ2) is 6.13. The van der Waals surface area contributed by atoms with E-state index in [1.54, 1.807) is 11.3 Å². The highest BCUT2D eigenvalue weighted by Crippen LogP contribution is 2.39. The molecule has 1 amide bonds. The lowest BCUT2D eigenvalue weighted by Gasteiger charge is -2.26. The van der Waals surface area contributed by atoms with Crippen LogP contribution in [0, 0.1) is 13.8 Å². The molecule has 24 heavy (non-hydrogen) atoms. The lowest BCUT2D eigenvalue weighted by molar-refractivity contribution is 0.0740. The van der Waals surface area contributed by atoms with Crippen LogP contribution in [0.2, 0.25) is 0 Å². The zero-order valence-electron chi connectivity index (χ0n) is 14.0. The summed E-state index contributed by atoms with van der Waals surface area (Å²) in [5.41, 5.74) is 2.33. The molecule has 1 saturated heterocycles. The standard InChI is InChI=1S/C19H21NO3S/c1-12-10-18(24-13(12)2)19(21)20-7-3-4-15(20)14-5-6-16-17(11-14)23-9-8-22-16/h5-6,10-11,15H,3-4,7-9H2,1-2H3/t15-/m0/s1. The first-order valence-electron chi connectivity index (χ1n) is 8.41. The summed E-state index contributed by atoms with van der Waals surface area (Å²) in [5, 5.41) is 0. The number of likely N-dealkylation sites (tertiary alicyclic amines) is 1. The van der Waals surface area contributed by atoms with Crippen molar-refractivity contribution in [2.45, 2.75) is 32.7 Å². The van der Waals surface area contributed by atoms with Gasteiger partial charge in [0.15, 0.2) is 11.5 Å². The van der Waals surface area contributed by atoms with Gasteiger partial charge in [-0.15, -0.1) is 11.3 Å². The van der Waals surface area contributed by atoms with Crippen LogP contribution in [0.3, 0.4) is 0 Å². The molecule has 1 aromatic heterocycles. The highest BCUT2D eigenvalue weighted by atomic mass is 32.1. The lowest BCUT2D eigenvalue weighted by atomic mass is 10.0. The van der Waals surface area contributed by atoms with Crippen molar-refractivity contribution >= 4 is 17.2 Å². The maximum Gasteiger partial charge on any atom is 0.264 e. The Balaban J connectivity index is 1.61. The molecule has 0 radical (unpaired) electrons. The molecule has 2 aromatic rings. The minimum atomic E-state index is 0.121. The summed E-state index contributed by atoms with van der Waals surface area (Å²) in [6, 6.07) is 8.20. The van der Waals surface area contributed by atoms with Crippen molar-refractivity contribution in [1.82, 2.24) is 4.90 Å². The molecular weight excluding hydrogens is 322 g/mol. The quantitative estimate of drug-likeness (QED) is 0.823. The van der Waals surface area contributed by atoms with Crippen molar-refractivity contribution in [2.75, 3.05) is 19.8 Å². The Morgan fingerprint density at radius 2 is 1.96 bits per heavy atom. The van der Waals surface area contributed by atoms with Crippen molar-refractivity contribution in [3.8, 4) is 11.5 Å². The van der Waals surface area contributed by atoms with E-state index in [9.17, 15) is 4.79 Å². The predicted octanol–water partition coefficient (Wildman–Crippen LogP) is 4.11. The summed E-state index contributed by atoms with van der Waals surface area (Å²) in [5.74, 6) is 1.74. The molecule has 4 rings (SSSR count). The van der Waals surface area contributed by atoms with Gasteiger partial charge in [0.25, 0.3) is 5.91 Å². The minimum Gasteiger partial charge on any atom is -0.486 e. The van der Waals surface area contributed by atoms with E-state index >= 15 is 0 Å². The summed E-state index contributed by atoms with van der Waals surface area (Å²) in [6.45, 7) is 6.12. The molecule has 5 heteroatoms. The summed E-state index contributed by atoms with van der Waals surface area (Å²) < 4.78 is 11.3. The molecule has 3 heterocycles. The van der Waals surface area contributed by atoms with Crippen LogP contribution in [0.15, 0.2) is 24.3 Å². The lowest BCUT2D eigenvalue weighted by Crippen LogP contribution is -2.30. The molecule has 1 aromatic carbocycles. The highest BCUT2D eigenvalue weighted by Gasteiger charge is 2.32. The summed E-state index contributed by atoms with van der Waals surface area (Å²) in [4.78, 5) is 17.0. The average Bonchev–Trinajstić information content (AvgIpc) is 3.21.